The highest BCUT2D eigenvalue weighted by molar-refractivity contribution is 7.89. The van der Waals surface area contributed by atoms with Gasteiger partial charge in [-0.2, -0.15) is 0 Å². The van der Waals surface area contributed by atoms with Crippen molar-refractivity contribution in [1.82, 2.24) is 9.29 Å². The Morgan fingerprint density at radius 2 is 1.96 bits per heavy atom. The molecule has 23 heavy (non-hydrogen) atoms. The molecule has 0 amide bonds. The number of benzene rings is 1. The Kier molecular flexibility index (Phi) is 5.24. The second-order valence-electron chi connectivity index (χ2n) is 4.77. The number of rotatable bonds is 6. The SMILES string of the molecule is O=c1ccccn1CC(O)CNS(=O)(=O)c1ccc(F)cc1F. The lowest BCUT2D eigenvalue weighted by Gasteiger charge is -2.14. The van der Waals surface area contributed by atoms with E-state index in [-0.39, 0.29) is 12.1 Å². The number of hydrogen-bond donors (Lipinski definition) is 2. The van der Waals surface area contributed by atoms with Crippen LogP contribution in [0.2, 0.25) is 0 Å². The van der Waals surface area contributed by atoms with E-state index >= 15 is 0 Å². The molecule has 1 aromatic heterocycles. The molecule has 0 saturated heterocycles. The van der Waals surface area contributed by atoms with Crippen LogP contribution < -0.4 is 10.3 Å². The van der Waals surface area contributed by atoms with Crippen LogP contribution in [0.15, 0.2) is 52.3 Å². The first-order valence-corrected chi connectivity index (χ1v) is 8.06. The smallest absolute Gasteiger partial charge is 0.250 e. The minimum Gasteiger partial charge on any atom is -0.390 e. The van der Waals surface area contributed by atoms with Crippen LogP contribution in [-0.4, -0.2) is 30.7 Å². The molecule has 2 aromatic rings. The van der Waals surface area contributed by atoms with Gasteiger partial charge in [0.25, 0.3) is 5.56 Å². The summed E-state index contributed by atoms with van der Waals surface area (Å²) in [6.07, 6.45) is 0.244. The summed E-state index contributed by atoms with van der Waals surface area (Å²) in [6.45, 7) is -0.561. The van der Waals surface area contributed by atoms with Crippen molar-refractivity contribution in [3.63, 3.8) is 0 Å². The van der Waals surface area contributed by atoms with E-state index < -0.39 is 39.2 Å². The van der Waals surface area contributed by atoms with E-state index in [4.69, 9.17) is 0 Å². The summed E-state index contributed by atoms with van der Waals surface area (Å²) < 4.78 is 53.4. The Balaban J connectivity index is 2.04. The Bertz CT molecular complexity index is 852. The quantitative estimate of drug-likeness (QED) is 0.797. The van der Waals surface area contributed by atoms with Crippen molar-refractivity contribution >= 4 is 10.0 Å². The zero-order chi connectivity index (χ0) is 17.0. The van der Waals surface area contributed by atoms with Crippen molar-refractivity contribution in [1.29, 1.82) is 0 Å². The summed E-state index contributed by atoms with van der Waals surface area (Å²) in [5, 5.41) is 9.81. The van der Waals surface area contributed by atoms with Gasteiger partial charge in [-0.1, -0.05) is 6.07 Å². The van der Waals surface area contributed by atoms with Crippen LogP contribution in [0.3, 0.4) is 0 Å². The van der Waals surface area contributed by atoms with Crippen LogP contribution in [0, 0.1) is 11.6 Å². The number of hydrogen-bond acceptors (Lipinski definition) is 4. The highest BCUT2D eigenvalue weighted by Gasteiger charge is 2.20. The number of sulfonamides is 1. The number of nitrogens with one attached hydrogen (secondary N) is 1. The van der Waals surface area contributed by atoms with Gasteiger partial charge in [-0.3, -0.25) is 4.79 Å². The molecule has 9 heteroatoms. The molecule has 1 unspecified atom stereocenters. The van der Waals surface area contributed by atoms with Gasteiger partial charge in [0, 0.05) is 24.9 Å². The fraction of sp³-hybridized carbons (Fsp3) is 0.214. The van der Waals surface area contributed by atoms with Crippen LogP contribution in [-0.2, 0) is 16.6 Å². The van der Waals surface area contributed by atoms with E-state index in [0.29, 0.717) is 6.07 Å². The monoisotopic (exact) mass is 344 g/mol. The van der Waals surface area contributed by atoms with Gasteiger partial charge in [-0.15, -0.1) is 0 Å². The predicted molar refractivity (Wildman–Crippen MR) is 78.3 cm³/mol. The molecule has 6 nitrogen and oxygen atoms in total. The Labute approximate surface area is 131 Å². The fourth-order valence-electron chi connectivity index (χ4n) is 1.88. The topological polar surface area (TPSA) is 88.4 Å². The van der Waals surface area contributed by atoms with Gasteiger partial charge in [0.05, 0.1) is 12.6 Å². The number of aliphatic hydroxyl groups is 1. The third kappa shape index (κ3) is 4.44. The molecule has 2 N–H and O–H groups in total. The van der Waals surface area contributed by atoms with Gasteiger partial charge in [-0.05, 0) is 18.2 Å². The zero-order valence-corrected chi connectivity index (χ0v) is 12.6. The molecule has 1 atom stereocenters. The van der Waals surface area contributed by atoms with E-state index in [1.54, 1.807) is 6.07 Å². The highest BCUT2D eigenvalue weighted by Crippen LogP contribution is 2.15. The van der Waals surface area contributed by atoms with Crippen molar-refractivity contribution in [3.8, 4) is 0 Å². The van der Waals surface area contributed by atoms with Crippen molar-refractivity contribution in [2.24, 2.45) is 0 Å². The van der Waals surface area contributed by atoms with Crippen LogP contribution in [0.4, 0.5) is 8.78 Å². The van der Waals surface area contributed by atoms with Gasteiger partial charge in [0.2, 0.25) is 10.0 Å². The predicted octanol–water partition coefficient (Wildman–Crippen LogP) is 0.466. The van der Waals surface area contributed by atoms with Crippen LogP contribution in [0.25, 0.3) is 0 Å². The molecule has 0 aliphatic rings. The van der Waals surface area contributed by atoms with Gasteiger partial charge in [0.15, 0.2) is 0 Å². The maximum absolute atomic E-state index is 13.5. The number of aromatic nitrogens is 1. The van der Waals surface area contributed by atoms with Gasteiger partial charge >= 0.3 is 0 Å². The lowest BCUT2D eigenvalue weighted by Crippen LogP contribution is -2.36. The van der Waals surface area contributed by atoms with E-state index in [9.17, 15) is 27.1 Å². The average molecular weight is 344 g/mol. The first-order chi connectivity index (χ1) is 10.8. The maximum Gasteiger partial charge on any atom is 0.250 e. The lowest BCUT2D eigenvalue weighted by molar-refractivity contribution is 0.156. The summed E-state index contributed by atoms with van der Waals surface area (Å²) in [5.41, 5.74) is -0.348. The average Bonchev–Trinajstić information content (AvgIpc) is 2.47. The van der Waals surface area contributed by atoms with Crippen molar-refractivity contribution in [2.75, 3.05) is 6.54 Å². The summed E-state index contributed by atoms with van der Waals surface area (Å²) >= 11 is 0. The number of aliphatic hydroxyl groups excluding tert-OH is 1. The van der Waals surface area contributed by atoms with Crippen LogP contribution in [0.5, 0.6) is 0 Å². The second-order valence-corrected chi connectivity index (χ2v) is 6.51. The molecule has 0 aliphatic heterocycles. The largest absolute Gasteiger partial charge is 0.390 e. The Hall–Kier alpha value is -2.10. The van der Waals surface area contributed by atoms with Crippen LogP contribution in [0.1, 0.15) is 0 Å². The standard InChI is InChI=1S/C14H14F2N2O4S/c15-10-4-5-13(12(16)7-10)23(21,22)17-8-11(19)9-18-6-2-1-3-14(18)20/h1-7,11,17,19H,8-9H2. The fourth-order valence-corrected chi connectivity index (χ4v) is 3.01. The molecule has 0 spiro atoms. The zero-order valence-electron chi connectivity index (χ0n) is 11.8. The molecular weight excluding hydrogens is 330 g/mol. The lowest BCUT2D eigenvalue weighted by atomic mass is 10.3. The van der Waals surface area contributed by atoms with E-state index in [2.05, 4.69) is 0 Å². The summed E-state index contributed by atoms with van der Waals surface area (Å²) in [7, 11) is -4.24. The summed E-state index contributed by atoms with van der Waals surface area (Å²) in [6, 6.07) is 6.48. The highest BCUT2D eigenvalue weighted by atomic mass is 32.2. The Morgan fingerprint density at radius 1 is 1.22 bits per heavy atom. The molecule has 0 aliphatic carbocycles. The molecule has 2 rings (SSSR count). The second kappa shape index (κ2) is 6.99. The first-order valence-electron chi connectivity index (χ1n) is 6.58. The molecule has 0 saturated carbocycles. The molecule has 1 heterocycles. The molecule has 0 bridgehead atoms. The minimum absolute atomic E-state index is 0.131. The Morgan fingerprint density at radius 3 is 2.61 bits per heavy atom. The number of nitrogens with zero attached hydrogens (tertiary/aromatic N) is 1. The molecule has 124 valence electrons. The number of pyridine rings is 1. The first kappa shape index (κ1) is 17.3. The molecular formula is C14H14F2N2O4S. The molecule has 0 radical (unpaired) electrons. The minimum atomic E-state index is -4.24. The number of halogens is 2. The molecule has 0 fully saturated rings. The van der Waals surface area contributed by atoms with E-state index in [1.807, 2.05) is 4.72 Å². The van der Waals surface area contributed by atoms with Crippen molar-refractivity contribution in [3.05, 3.63) is 64.6 Å². The third-order valence-electron chi connectivity index (χ3n) is 3.00. The summed E-state index contributed by atoms with van der Waals surface area (Å²) in [5.74, 6) is -2.13. The van der Waals surface area contributed by atoms with Crippen molar-refractivity contribution in [2.45, 2.75) is 17.5 Å². The van der Waals surface area contributed by atoms with Gasteiger partial charge in [-0.25, -0.2) is 21.9 Å². The third-order valence-corrected chi connectivity index (χ3v) is 4.46. The van der Waals surface area contributed by atoms with Gasteiger partial charge in [0.1, 0.15) is 16.5 Å². The van der Waals surface area contributed by atoms with E-state index in [1.165, 1.54) is 22.9 Å². The van der Waals surface area contributed by atoms with Crippen LogP contribution >= 0.6 is 0 Å². The normalized spacial score (nSPS) is 13.0. The van der Waals surface area contributed by atoms with Crippen molar-refractivity contribution < 1.29 is 22.3 Å². The summed E-state index contributed by atoms with van der Waals surface area (Å²) in [4.78, 5) is 10.8. The maximum atomic E-state index is 13.5. The van der Waals surface area contributed by atoms with E-state index in [0.717, 1.165) is 12.1 Å². The molecule has 1 aromatic carbocycles. The van der Waals surface area contributed by atoms with Gasteiger partial charge < -0.3 is 9.67 Å².